The number of halogens is 1. The fourth-order valence-electron chi connectivity index (χ4n) is 6.17. The normalized spacial score (nSPS) is 18.6. The first-order chi connectivity index (χ1) is 22.7. The molecule has 1 saturated heterocycles. The number of ether oxygens (including phenoxy) is 1. The highest BCUT2D eigenvalue weighted by Gasteiger charge is 2.56. The molecule has 2 aliphatic heterocycles. The Morgan fingerprint density at radius 1 is 0.894 bits per heavy atom. The Balaban J connectivity index is 1.24. The van der Waals surface area contributed by atoms with Gasteiger partial charge >= 0.3 is 10.8 Å². The van der Waals surface area contributed by atoms with Crippen molar-refractivity contribution in [3.63, 3.8) is 0 Å². The number of hydrogen-bond donors (Lipinski definition) is 1. The van der Waals surface area contributed by atoms with E-state index < -0.39 is 51.5 Å². The summed E-state index contributed by atoms with van der Waals surface area (Å²) < 4.78 is 20.4. The molecule has 0 saturated carbocycles. The average Bonchev–Trinajstić information content (AvgIpc) is 3.51. The van der Waals surface area contributed by atoms with Gasteiger partial charge in [-0.15, -0.1) is 0 Å². The fourth-order valence-corrected chi connectivity index (χ4v) is 8.94. The van der Waals surface area contributed by atoms with Gasteiger partial charge in [0.2, 0.25) is 17.7 Å². The smallest absolute Gasteiger partial charge is 0.338 e. The number of anilines is 2. The second kappa shape index (κ2) is 12.3. The quantitative estimate of drug-likeness (QED) is 0.172. The number of thioether (sulfide) groups is 1. The van der Waals surface area contributed by atoms with E-state index in [9.17, 15) is 28.4 Å². The standard InChI is InChI=1S/C35H26FN3O6S2/c1-2-45-34(43)21-12-16-23(17-13-21)39-31(41)28-27(20-10-14-22(36)15-11-20)30-33(46-29(28)32(39)42)38(35(44)47-30)18-26(40)37-25-9-5-7-19-6-3-4-8-24(19)25/h3-17,27-29H,2,18H2,1H3,(H,37,40)/t27-,28-,29+/m0/s1. The SMILES string of the molecule is CCOC(=O)c1ccc(N2C(=O)[C@H]3[C@H](c4ccc(F)cc4)c4sc(=O)n(CC(=O)Nc5cccc6ccccc56)c4S[C@H]3C2=O)cc1. The minimum absolute atomic E-state index is 0.203. The second-order valence-electron chi connectivity index (χ2n) is 11.1. The summed E-state index contributed by atoms with van der Waals surface area (Å²) in [6, 6.07) is 24.8. The maximum Gasteiger partial charge on any atom is 0.338 e. The van der Waals surface area contributed by atoms with Crippen LogP contribution in [0.15, 0.2) is 101 Å². The van der Waals surface area contributed by atoms with Gasteiger partial charge in [0.05, 0.1) is 28.8 Å². The van der Waals surface area contributed by atoms with Crippen LogP contribution in [0.4, 0.5) is 15.8 Å². The maximum atomic E-state index is 14.1. The zero-order valence-electron chi connectivity index (χ0n) is 24.8. The molecule has 12 heteroatoms. The van der Waals surface area contributed by atoms with Crippen molar-refractivity contribution in [2.45, 2.75) is 29.7 Å². The molecular formula is C35H26FN3O6S2. The molecular weight excluding hydrogens is 642 g/mol. The van der Waals surface area contributed by atoms with E-state index in [-0.39, 0.29) is 24.4 Å². The molecule has 7 rings (SSSR count). The first-order valence-corrected chi connectivity index (χ1v) is 16.5. The highest BCUT2D eigenvalue weighted by atomic mass is 32.2. The van der Waals surface area contributed by atoms with Crippen LogP contribution in [0, 0.1) is 11.7 Å². The number of esters is 1. The summed E-state index contributed by atoms with van der Waals surface area (Å²) in [5, 5.41) is 4.21. The summed E-state index contributed by atoms with van der Waals surface area (Å²) in [7, 11) is 0. The van der Waals surface area contributed by atoms with Crippen molar-refractivity contribution in [2.75, 3.05) is 16.8 Å². The lowest BCUT2D eigenvalue weighted by Gasteiger charge is -2.30. The lowest BCUT2D eigenvalue weighted by Crippen LogP contribution is -2.33. The van der Waals surface area contributed by atoms with Crippen molar-refractivity contribution in [1.82, 2.24) is 4.57 Å². The molecule has 47 heavy (non-hydrogen) atoms. The lowest BCUT2D eigenvalue weighted by atomic mass is 9.83. The highest BCUT2D eigenvalue weighted by molar-refractivity contribution is 8.00. The predicted octanol–water partition coefficient (Wildman–Crippen LogP) is 5.81. The average molecular weight is 668 g/mol. The van der Waals surface area contributed by atoms with E-state index in [1.165, 1.54) is 41.0 Å². The van der Waals surface area contributed by atoms with Gasteiger partial charge in [0.1, 0.15) is 17.6 Å². The maximum absolute atomic E-state index is 14.1. The number of fused-ring (bicyclic) bond motifs is 3. The van der Waals surface area contributed by atoms with E-state index >= 15 is 0 Å². The predicted molar refractivity (Wildman–Crippen MR) is 177 cm³/mol. The first-order valence-electron chi connectivity index (χ1n) is 14.8. The van der Waals surface area contributed by atoms with Crippen molar-refractivity contribution in [1.29, 1.82) is 0 Å². The van der Waals surface area contributed by atoms with Crippen LogP contribution in [0.25, 0.3) is 10.8 Å². The molecule has 2 aliphatic rings. The van der Waals surface area contributed by atoms with Gasteiger partial charge in [-0.2, -0.15) is 0 Å². The van der Waals surface area contributed by atoms with Crippen molar-refractivity contribution in [3.05, 3.63) is 122 Å². The summed E-state index contributed by atoms with van der Waals surface area (Å²) in [6.07, 6.45) is 0. The summed E-state index contributed by atoms with van der Waals surface area (Å²) >= 11 is 2.00. The third kappa shape index (κ3) is 5.43. The monoisotopic (exact) mass is 667 g/mol. The zero-order valence-corrected chi connectivity index (χ0v) is 26.5. The third-order valence-corrected chi connectivity index (χ3v) is 10.9. The molecule has 1 fully saturated rings. The summed E-state index contributed by atoms with van der Waals surface area (Å²) in [4.78, 5) is 68.3. The van der Waals surface area contributed by atoms with Gasteiger partial charge in [-0.05, 0) is 60.3 Å². The molecule has 0 radical (unpaired) electrons. The van der Waals surface area contributed by atoms with Gasteiger partial charge in [-0.25, -0.2) is 14.1 Å². The molecule has 236 valence electrons. The Bertz CT molecular complexity index is 2120. The summed E-state index contributed by atoms with van der Waals surface area (Å²) in [6.45, 7) is 1.59. The van der Waals surface area contributed by atoms with Crippen molar-refractivity contribution in [2.24, 2.45) is 5.92 Å². The number of thiazole rings is 1. The number of carbonyl (C=O) groups is 4. The minimum atomic E-state index is -0.920. The lowest BCUT2D eigenvalue weighted by molar-refractivity contribution is -0.122. The number of aromatic nitrogens is 1. The van der Waals surface area contributed by atoms with Crippen LogP contribution in [-0.4, -0.2) is 40.1 Å². The molecule has 0 bridgehead atoms. The van der Waals surface area contributed by atoms with Crippen LogP contribution >= 0.6 is 23.1 Å². The van der Waals surface area contributed by atoms with Crippen LogP contribution in [0.3, 0.4) is 0 Å². The highest BCUT2D eigenvalue weighted by Crippen LogP contribution is 2.53. The Morgan fingerprint density at radius 3 is 2.36 bits per heavy atom. The second-order valence-corrected chi connectivity index (χ2v) is 13.2. The minimum Gasteiger partial charge on any atom is -0.462 e. The number of nitrogens with zero attached hydrogens (tertiary/aromatic N) is 2. The van der Waals surface area contributed by atoms with E-state index in [1.54, 1.807) is 25.1 Å². The molecule has 9 nitrogen and oxygen atoms in total. The molecule has 4 aromatic carbocycles. The van der Waals surface area contributed by atoms with Gasteiger partial charge in [-0.3, -0.25) is 23.7 Å². The van der Waals surface area contributed by atoms with Crippen molar-refractivity contribution < 1.29 is 28.3 Å². The van der Waals surface area contributed by atoms with Gasteiger partial charge in [0, 0.05) is 21.9 Å². The molecule has 3 atom stereocenters. The number of benzene rings is 4. The number of rotatable bonds is 7. The van der Waals surface area contributed by atoms with E-state index in [4.69, 9.17) is 4.74 Å². The van der Waals surface area contributed by atoms with Gasteiger partial charge in [0.25, 0.3) is 0 Å². The van der Waals surface area contributed by atoms with Crippen LogP contribution in [0.5, 0.6) is 0 Å². The van der Waals surface area contributed by atoms with E-state index in [0.29, 0.717) is 21.2 Å². The largest absolute Gasteiger partial charge is 0.462 e. The molecule has 3 heterocycles. The van der Waals surface area contributed by atoms with Crippen LogP contribution in [0.1, 0.15) is 33.6 Å². The van der Waals surface area contributed by atoms with Crippen LogP contribution < -0.4 is 15.1 Å². The van der Waals surface area contributed by atoms with Crippen LogP contribution in [-0.2, 0) is 25.7 Å². The topological polar surface area (TPSA) is 115 Å². The fraction of sp³-hybridized carbons (Fsp3) is 0.171. The Morgan fingerprint density at radius 2 is 1.62 bits per heavy atom. The molecule has 0 spiro atoms. The van der Waals surface area contributed by atoms with E-state index in [1.807, 2.05) is 36.4 Å². The number of carbonyl (C=O) groups excluding carboxylic acids is 4. The molecule has 5 aromatic rings. The molecule has 1 aromatic heterocycles. The number of nitrogens with one attached hydrogen (secondary N) is 1. The van der Waals surface area contributed by atoms with Crippen molar-refractivity contribution >= 4 is 68.9 Å². The zero-order chi connectivity index (χ0) is 32.8. The molecule has 0 aliphatic carbocycles. The first kappa shape index (κ1) is 30.6. The van der Waals surface area contributed by atoms with Crippen molar-refractivity contribution in [3.8, 4) is 0 Å². The van der Waals surface area contributed by atoms with E-state index in [0.717, 1.165) is 38.8 Å². The number of amides is 3. The Labute approximate surface area is 276 Å². The number of hydrogen-bond acceptors (Lipinski definition) is 8. The third-order valence-electron chi connectivity index (χ3n) is 8.28. The van der Waals surface area contributed by atoms with Crippen LogP contribution in [0.2, 0.25) is 0 Å². The van der Waals surface area contributed by atoms with Gasteiger partial charge in [0.15, 0.2) is 0 Å². The summed E-state index contributed by atoms with van der Waals surface area (Å²) in [5.74, 6) is -4.02. The molecule has 0 unspecified atom stereocenters. The number of imide groups is 1. The molecule has 1 N–H and O–H groups in total. The van der Waals surface area contributed by atoms with E-state index in [2.05, 4.69) is 5.32 Å². The van der Waals surface area contributed by atoms with Gasteiger partial charge in [-0.1, -0.05) is 71.6 Å². The molecule has 3 amide bonds. The Kier molecular flexibility index (Phi) is 7.98. The summed E-state index contributed by atoms with van der Waals surface area (Å²) in [5.41, 5.74) is 1.73. The Hall–Kier alpha value is -5.07. The van der Waals surface area contributed by atoms with Gasteiger partial charge < -0.3 is 10.1 Å².